The molecule has 2 atom stereocenters. The van der Waals surface area contributed by atoms with Gasteiger partial charge in [-0.25, -0.2) is 0 Å². The summed E-state index contributed by atoms with van der Waals surface area (Å²) < 4.78 is 0.745. The number of halogens is 1. The fourth-order valence-electron chi connectivity index (χ4n) is 2.30. The Morgan fingerprint density at radius 2 is 2.22 bits per heavy atom. The lowest BCUT2D eigenvalue weighted by Gasteiger charge is -2.36. The fourth-order valence-corrected chi connectivity index (χ4v) is 2.86. The van der Waals surface area contributed by atoms with E-state index < -0.39 is 5.91 Å². The van der Waals surface area contributed by atoms with Crippen LogP contribution in [0, 0.1) is 5.92 Å². The fraction of sp³-hybridized carbons (Fsp3) is 0.462. The molecule has 18 heavy (non-hydrogen) atoms. The van der Waals surface area contributed by atoms with Gasteiger partial charge in [0.1, 0.15) is 0 Å². The number of piperidine rings is 1. The standard InChI is InChI=1S/C13H18BrN3O/c1-8-7-17(5-4-12(8)15)9-2-3-10(13(16)18)11(14)6-9/h2-3,6,8,12H,4-5,7,15H2,1H3,(H2,16,18). The topological polar surface area (TPSA) is 72.3 Å². The van der Waals surface area contributed by atoms with Gasteiger partial charge in [-0.2, -0.15) is 0 Å². The Morgan fingerprint density at radius 3 is 2.78 bits per heavy atom. The smallest absolute Gasteiger partial charge is 0.249 e. The Hall–Kier alpha value is -1.07. The molecule has 1 aromatic carbocycles. The van der Waals surface area contributed by atoms with E-state index in [1.54, 1.807) is 6.07 Å². The predicted octanol–water partition coefficient (Wildman–Crippen LogP) is 1.72. The Labute approximate surface area is 115 Å². The van der Waals surface area contributed by atoms with Crippen LogP contribution < -0.4 is 16.4 Å². The van der Waals surface area contributed by atoms with E-state index in [-0.39, 0.29) is 6.04 Å². The molecule has 1 aliphatic heterocycles. The van der Waals surface area contributed by atoms with Gasteiger partial charge in [-0.05, 0) is 46.5 Å². The van der Waals surface area contributed by atoms with E-state index in [0.29, 0.717) is 11.5 Å². The summed E-state index contributed by atoms with van der Waals surface area (Å²) in [5, 5.41) is 0. The molecule has 0 aromatic heterocycles. The molecule has 1 aromatic rings. The molecule has 0 spiro atoms. The SMILES string of the molecule is CC1CN(c2ccc(C(N)=O)c(Br)c2)CCC1N. The number of amides is 1. The number of nitrogens with two attached hydrogens (primary N) is 2. The van der Waals surface area contributed by atoms with Crippen LogP contribution in [0.3, 0.4) is 0 Å². The largest absolute Gasteiger partial charge is 0.371 e. The second kappa shape index (κ2) is 5.28. The number of rotatable bonds is 2. The van der Waals surface area contributed by atoms with Gasteiger partial charge in [-0.3, -0.25) is 4.79 Å². The molecular formula is C13H18BrN3O. The van der Waals surface area contributed by atoms with E-state index in [9.17, 15) is 4.79 Å². The van der Waals surface area contributed by atoms with Crippen molar-refractivity contribution < 1.29 is 4.79 Å². The summed E-state index contributed by atoms with van der Waals surface area (Å²) in [5.74, 6) is 0.0656. The van der Waals surface area contributed by atoms with E-state index in [1.807, 2.05) is 12.1 Å². The zero-order chi connectivity index (χ0) is 13.3. The Balaban J connectivity index is 2.19. The number of hydrogen-bond acceptors (Lipinski definition) is 3. The van der Waals surface area contributed by atoms with Crippen molar-refractivity contribution in [1.82, 2.24) is 0 Å². The van der Waals surface area contributed by atoms with E-state index in [4.69, 9.17) is 11.5 Å². The van der Waals surface area contributed by atoms with Crippen LogP contribution in [-0.4, -0.2) is 25.0 Å². The minimum Gasteiger partial charge on any atom is -0.371 e. The maximum atomic E-state index is 11.2. The van der Waals surface area contributed by atoms with Gasteiger partial charge in [0.25, 0.3) is 0 Å². The summed E-state index contributed by atoms with van der Waals surface area (Å²) in [6.07, 6.45) is 0.996. The zero-order valence-corrected chi connectivity index (χ0v) is 12.0. The van der Waals surface area contributed by atoms with E-state index in [2.05, 4.69) is 27.8 Å². The number of carbonyl (C=O) groups excluding carboxylic acids is 1. The van der Waals surface area contributed by atoms with Gasteiger partial charge in [-0.15, -0.1) is 0 Å². The average molecular weight is 312 g/mol. The first kappa shape index (κ1) is 13.4. The molecule has 1 aliphatic rings. The second-order valence-electron chi connectivity index (χ2n) is 4.90. The van der Waals surface area contributed by atoms with Gasteiger partial charge in [-0.1, -0.05) is 6.92 Å². The van der Waals surface area contributed by atoms with Gasteiger partial charge in [0.2, 0.25) is 5.91 Å². The molecule has 5 heteroatoms. The summed E-state index contributed by atoms with van der Waals surface area (Å²) in [4.78, 5) is 13.5. The van der Waals surface area contributed by atoms with Gasteiger partial charge in [0.15, 0.2) is 0 Å². The van der Waals surface area contributed by atoms with Crippen LogP contribution >= 0.6 is 15.9 Å². The van der Waals surface area contributed by atoms with Crippen molar-refractivity contribution in [2.45, 2.75) is 19.4 Å². The van der Waals surface area contributed by atoms with Gasteiger partial charge < -0.3 is 16.4 Å². The third-order valence-corrected chi connectivity index (χ3v) is 4.21. The minimum atomic E-state index is -0.414. The Morgan fingerprint density at radius 1 is 1.50 bits per heavy atom. The van der Waals surface area contributed by atoms with Crippen LogP contribution in [-0.2, 0) is 0 Å². The van der Waals surface area contributed by atoms with Crippen LogP contribution in [0.15, 0.2) is 22.7 Å². The van der Waals surface area contributed by atoms with Gasteiger partial charge >= 0.3 is 0 Å². The summed E-state index contributed by atoms with van der Waals surface area (Å²) in [6.45, 7) is 4.07. The third kappa shape index (κ3) is 2.67. The highest BCUT2D eigenvalue weighted by Crippen LogP contribution is 2.27. The highest BCUT2D eigenvalue weighted by molar-refractivity contribution is 9.10. The number of anilines is 1. The first-order valence-electron chi connectivity index (χ1n) is 6.09. The number of nitrogens with zero attached hydrogens (tertiary/aromatic N) is 1. The molecule has 2 unspecified atom stereocenters. The zero-order valence-electron chi connectivity index (χ0n) is 10.4. The average Bonchev–Trinajstić information content (AvgIpc) is 2.32. The molecule has 4 N–H and O–H groups in total. The van der Waals surface area contributed by atoms with Gasteiger partial charge in [0, 0.05) is 29.3 Å². The lowest BCUT2D eigenvalue weighted by Crippen LogP contribution is -2.46. The molecule has 0 aliphatic carbocycles. The van der Waals surface area contributed by atoms with E-state index in [1.165, 1.54) is 0 Å². The molecule has 0 radical (unpaired) electrons. The third-order valence-electron chi connectivity index (χ3n) is 3.55. The van der Waals surface area contributed by atoms with Crippen molar-refractivity contribution in [3.63, 3.8) is 0 Å². The molecule has 1 saturated heterocycles. The van der Waals surface area contributed by atoms with Crippen LogP contribution in [0.25, 0.3) is 0 Å². The summed E-state index contributed by atoms with van der Waals surface area (Å²) in [6, 6.07) is 5.94. The van der Waals surface area contributed by atoms with E-state index >= 15 is 0 Å². The van der Waals surface area contributed by atoms with Crippen molar-refractivity contribution in [3.05, 3.63) is 28.2 Å². The van der Waals surface area contributed by atoms with Crippen molar-refractivity contribution in [2.24, 2.45) is 17.4 Å². The highest BCUT2D eigenvalue weighted by atomic mass is 79.9. The predicted molar refractivity (Wildman–Crippen MR) is 76.6 cm³/mol. The second-order valence-corrected chi connectivity index (χ2v) is 5.76. The maximum absolute atomic E-state index is 11.2. The van der Waals surface area contributed by atoms with Crippen molar-refractivity contribution >= 4 is 27.5 Å². The minimum absolute atomic E-state index is 0.287. The van der Waals surface area contributed by atoms with Crippen LogP contribution in [0.1, 0.15) is 23.7 Å². The molecule has 1 amide bonds. The number of carbonyl (C=O) groups is 1. The lowest BCUT2D eigenvalue weighted by atomic mass is 9.94. The van der Waals surface area contributed by atoms with Crippen molar-refractivity contribution in [2.75, 3.05) is 18.0 Å². The van der Waals surface area contributed by atoms with Gasteiger partial charge in [0.05, 0.1) is 5.56 Å². The van der Waals surface area contributed by atoms with Crippen LogP contribution in [0.2, 0.25) is 0 Å². The van der Waals surface area contributed by atoms with Crippen LogP contribution in [0.5, 0.6) is 0 Å². The molecule has 1 fully saturated rings. The molecule has 0 saturated carbocycles. The molecule has 98 valence electrons. The quantitative estimate of drug-likeness (QED) is 0.873. The number of benzene rings is 1. The molecule has 1 heterocycles. The van der Waals surface area contributed by atoms with Crippen molar-refractivity contribution in [3.8, 4) is 0 Å². The summed E-state index contributed by atoms with van der Waals surface area (Å²) >= 11 is 3.39. The maximum Gasteiger partial charge on any atom is 0.249 e. The highest BCUT2D eigenvalue weighted by Gasteiger charge is 2.23. The normalized spacial score (nSPS) is 24.1. The molecule has 0 bridgehead atoms. The van der Waals surface area contributed by atoms with Crippen LogP contribution in [0.4, 0.5) is 5.69 Å². The monoisotopic (exact) mass is 311 g/mol. The summed E-state index contributed by atoms with van der Waals surface area (Å²) in [5.41, 5.74) is 12.9. The number of primary amides is 1. The molecular weight excluding hydrogens is 294 g/mol. The molecule has 4 nitrogen and oxygen atoms in total. The Kier molecular flexibility index (Phi) is 3.92. The van der Waals surface area contributed by atoms with Crippen molar-refractivity contribution in [1.29, 1.82) is 0 Å². The first-order valence-corrected chi connectivity index (χ1v) is 6.88. The molecule has 2 rings (SSSR count). The lowest BCUT2D eigenvalue weighted by molar-refractivity contribution is 0.0999. The first-order chi connectivity index (χ1) is 8.49. The van der Waals surface area contributed by atoms with E-state index in [0.717, 1.165) is 29.7 Å². The Bertz CT molecular complexity index is 464. The number of hydrogen-bond donors (Lipinski definition) is 2. The summed E-state index contributed by atoms with van der Waals surface area (Å²) in [7, 11) is 0.